The third-order valence-corrected chi connectivity index (χ3v) is 2.98. The van der Waals surface area contributed by atoms with E-state index >= 15 is 0 Å². The predicted molar refractivity (Wildman–Crippen MR) is 82.0 cm³/mol. The lowest BCUT2D eigenvalue weighted by Gasteiger charge is -2.15. The van der Waals surface area contributed by atoms with Crippen LogP contribution in [0.25, 0.3) is 0 Å². The van der Waals surface area contributed by atoms with Gasteiger partial charge >= 0.3 is 0 Å². The van der Waals surface area contributed by atoms with E-state index in [-0.39, 0.29) is 6.10 Å². The highest BCUT2D eigenvalue weighted by atomic mass is 16.5. The number of hydrogen-bond donors (Lipinski definition) is 2. The minimum Gasteiger partial charge on any atom is -0.371 e. The molecule has 0 aliphatic rings. The quantitative estimate of drug-likeness (QED) is 0.564. The molecule has 0 saturated heterocycles. The molecular weight excluding hydrogens is 270 g/mol. The van der Waals surface area contributed by atoms with E-state index in [0.29, 0.717) is 30.9 Å². The lowest BCUT2D eigenvalue weighted by Crippen LogP contribution is -2.41. The molecule has 7 heteroatoms. The van der Waals surface area contributed by atoms with Gasteiger partial charge < -0.3 is 19.9 Å². The van der Waals surface area contributed by atoms with Crippen LogP contribution in [0.15, 0.2) is 9.52 Å². The minimum absolute atomic E-state index is 0.164. The topological polar surface area (TPSA) is 84.6 Å². The molecule has 2 unspecified atom stereocenters. The standard InChI is InChI=1S/C14H27N5O2/c1-6-10(4)17-14(15-7-2)16-9-12-18-13(19-21-12)11(5)20-8-3/h10-11H,6-9H2,1-5H3,(H2,15,16,17). The van der Waals surface area contributed by atoms with E-state index in [1.807, 2.05) is 20.8 Å². The number of ether oxygens (including phenoxy) is 1. The lowest BCUT2D eigenvalue weighted by atomic mass is 10.3. The van der Waals surface area contributed by atoms with Gasteiger partial charge in [0.2, 0.25) is 5.89 Å². The van der Waals surface area contributed by atoms with E-state index < -0.39 is 0 Å². The van der Waals surface area contributed by atoms with Crippen LogP contribution < -0.4 is 10.6 Å². The van der Waals surface area contributed by atoms with E-state index in [1.165, 1.54) is 0 Å². The van der Waals surface area contributed by atoms with Crippen molar-refractivity contribution in [3.05, 3.63) is 11.7 Å². The van der Waals surface area contributed by atoms with Crippen LogP contribution in [0.3, 0.4) is 0 Å². The van der Waals surface area contributed by atoms with Gasteiger partial charge in [0, 0.05) is 19.2 Å². The molecule has 0 aromatic carbocycles. The average molecular weight is 297 g/mol. The summed E-state index contributed by atoms with van der Waals surface area (Å²) in [7, 11) is 0. The molecule has 0 saturated carbocycles. The van der Waals surface area contributed by atoms with Gasteiger partial charge in [0.15, 0.2) is 11.8 Å². The van der Waals surface area contributed by atoms with Gasteiger partial charge in [0.1, 0.15) is 12.6 Å². The second-order valence-electron chi connectivity index (χ2n) is 4.79. The third kappa shape index (κ3) is 6.12. The molecule has 1 rings (SSSR count). The summed E-state index contributed by atoms with van der Waals surface area (Å²) < 4.78 is 10.6. The number of guanidine groups is 1. The molecule has 0 bridgehead atoms. The Morgan fingerprint density at radius 2 is 2.10 bits per heavy atom. The summed E-state index contributed by atoms with van der Waals surface area (Å²) >= 11 is 0. The Labute approximate surface area is 126 Å². The molecule has 21 heavy (non-hydrogen) atoms. The van der Waals surface area contributed by atoms with Gasteiger partial charge in [-0.25, -0.2) is 4.99 Å². The van der Waals surface area contributed by atoms with Crippen molar-refractivity contribution in [2.24, 2.45) is 4.99 Å². The molecular formula is C14H27N5O2. The first-order valence-electron chi connectivity index (χ1n) is 7.59. The zero-order valence-corrected chi connectivity index (χ0v) is 13.6. The smallest absolute Gasteiger partial charge is 0.248 e. The maximum atomic E-state index is 5.43. The zero-order chi connectivity index (χ0) is 15.7. The fourth-order valence-electron chi connectivity index (χ4n) is 1.62. The number of nitrogens with zero attached hydrogens (tertiary/aromatic N) is 3. The van der Waals surface area contributed by atoms with Crippen molar-refractivity contribution in [2.45, 2.75) is 59.7 Å². The molecule has 1 aromatic rings. The summed E-state index contributed by atoms with van der Waals surface area (Å²) in [4.78, 5) is 8.74. The third-order valence-electron chi connectivity index (χ3n) is 2.98. The molecule has 120 valence electrons. The normalized spacial score (nSPS) is 14.8. The Morgan fingerprint density at radius 3 is 2.71 bits per heavy atom. The highest BCUT2D eigenvalue weighted by Gasteiger charge is 2.13. The summed E-state index contributed by atoms with van der Waals surface area (Å²) in [6.07, 6.45) is 0.865. The van der Waals surface area contributed by atoms with E-state index in [1.54, 1.807) is 0 Å². The van der Waals surface area contributed by atoms with Gasteiger partial charge in [0.25, 0.3) is 0 Å². The summed E-state index contributed by atoms with van der Waals surface area (Å²) in [6, 6.07) is 0.360. The Bertz CT molecular complexity index is 433. The molecule has 2 atom stereocenters. The molecule has 0 amide bonds. The van der Waals surface area contributed by atoms with Crippen molar-refractivity contribution >= 4 is 5.96 Å². The van der Waals surface area contributed by atoms with Gasteiger partial charge in [-0.1, -0.05) is 12.1 Å². The van der Waals surface area contributed by atoms with E-state index in [2.05, 4.69) is 39.6 Å². The molecule has 1 aromatic heterocycles. The van der Waals surface area contributed by atoms with Crippen LogP contribution in [-0.2, 0) is 11.3 Å². The highest BCUT2D eigenvalue weighted by Crippen LogP contribution is 2.12. The molecule has 7 nitrogen and oxygen atoms in total. The van der Waals surface area contributed by atoms with Crippen LogP contribution in [-0.4, -0.2) is 35.3 Å². The number of nitrogens with one attached hydrogen (secondary N) is 2. The van der Waals surface area contributed by atoms with E-state index in [9.17, 15) is 0 Å². The first-order chi connectivity index (χ1) is 10.1. The minimum atomic E-state index is -0.164. The molecule has 0 aliphatic carbocycles. The van der Waals surface area contributed by atoms with Crippen molar-refractivity contribution in [1.82, 2.24) is 20.8 Å². The summed E-state index contributed by atoms with van der Waals surface area (Å²) in [6.45, 7) is 11.9. The summed E-state index contributed by atoms with van der Waals surface area (Å²) in [5.74, 6) is 1.80. The lowest BCUT2D eigenvalue weighted by molar-refractivity contribution is 0.0683. The zero-order valence-electron chi connectivity index (χ0n) is 13.6. The van der Waals surface area contributed by atoms with Gasteiger partial charge in [-0.2, -0.15) is 4.98 Å². The highest BCUT2D eigenvalue weighted by molar-refractivity contribution is 5.79. The van der Waals surface area contributed by atoms with Crippen LogP contribution in [0, 0.1) is 0 Å². The first kappa shape index (κ1) is 17.4. The van der Waals surface area contributed by atoms with Gasteiger partial charge in [0.05, 0.1) is 0 Å². The van der Waals surface area contributed by atoms with Crippen molar-refractivity contribution in [3.8, 4) is 0 Å². The number of aliphatic imine (C=N–C) groups is 1. The second kappa shape index (κ2) is 9.33. The van der Waals surface area contributed by atoms with E-state index in [0.717, 1.165) is 18.9 Å². The SMILES string of the molecule is CCNC(=NCc1nc(C(C)OCC)no1)NC(C)CC. The van der Waals surface area contributed by atoms with Crippen LogP contribution in [0.1, 0.15) is 58.9 Å². The molecule has 0 fully saturated rings. The van der Waals surface area contributed by atoms with Crippen LogP contribution in [0.4, 0.5) is 0 Å². The fourth-order valence-corrected chi connectivity index (χ4v) is 1.62. The Balaban J connectivity index is 2.63. The molecule has 0 radical (unpaired) electrons. The predicted octanol–water partition coefficient (Wildman–Crippen LogP) is 2.02. The molecule has 1 heterocycles. The Hall–Kier alpha value is -1.63. The number of aromatic nitrogens is 2. The van der Waals surface area contributed by atoms with Crippen molar-refractivity contribution in [1.29, 1.82) is 0 Å². The Kier molecular flexibility index (Phi) is 7.74. The van der Waals surface area contributed by atoms with Crippen molar-refractivity contribution in [3.63, 3.8) is 0 Å². The number of hydrogen-bond acceptors (Lipinski definition) is 5. The summed E-state index contributed by atoms with van der Waals surface area (Å²) in [5, 5.41) is 10.4. The van der Waals surface area contributed by atoms with Crippen LogP contribution >= 0.6 is 0 Å². The maximum Gasteiger partial charge on any atom is 0.248 e. The molecule has 0 spiro atoms. The van der Waals surface area contributed by atoms with Crippen LogP contribution in [0.5, 0.6) is 0 Å². The average Bonchev–Trinajstić information content (AvgIpc) is 2.94. The largest absolute Gasteiger partial charge is 0.371 e. The summed E-state index contributed by atoms with van der Waals surface area (Å²) in [5.41, 5.74) is 0. The van der Waals surface area contributed by atoms with Gasteiger partial charge in [-0.3, -0.25) is 0 Å². The van der Waals surface area contributed by atoms with E-state index in [4.69, 9.17) is 9.26 Å². The maximum absolute atomic E-state index is 5.43. The second-order valence-corrected chi connectivity index (χ2v) is 4.79. The van der Waals surface area contributed by atoms with Gasteiger partial charge in [-0.15, -0.1) is 0 Å². The van der Waals surface area contributed by atoms with Gasteiger partial charge in [-0.05, 0) is 34.1 Å². The first-order valence-corrected chi connectivity index (χ1v) is 7.59. The Morgan fingerprint density at radius 1 is 1.33 bits per heavy atom. The number of rotatable bonds is 8. The molecule has 2 N–H and O–H groups in total. The molecule has 0 aliphatic heterocycles. The van der Waals surface area contributed by atoms with Crippen LogP contribution in [0.2, 0.25) is 0 Å². The van der Waals surface area contributed by atoms with Crippen molar-refractivity contribution < 1.29 is 9.26 Å². The van der Waals surface area contributed by atoms with Crippen molar-refractivity contribution in [2.75, 3.05) is 13.2 Å². The monoisotopic (exact) mass is 297 g/mol. The fraction of sp³-hybridized carbons (Fsp3) is 0.786.